The predicted molar refractivity (Wildman–Crippen MR) is 75.0 cm³/mol. The second-order valence-corrected chi connectivity index (χ2v) is 5.20. The van der Waals surface area contributed by atoms with Crippen molar-refractivity contribution < 1.29 is 4.79 Å². The van der Waals surface area contributed by atoms with Crippen LogP contribution < -0.4 is 11.1 Å². The van der Waals surface area contributed by atoms with Crippen LogP contribution in [0.3, 0.4) is 0 Å². The van der Waals surface area contributed by atoms with Crippen LogP contribution in [0.15, 0.2) is 24.4 Å². The lowest BCUT2D eigenvalue weighted by molar-refractivity contribution is 0.103. The number of nitrogens with one attached hydrogen (secondary N) is 1. The molecule has 2 aromatic rings. The molecule has 4 nitrogen and oxygen atoms in total. The SMILES string of the molecule is CCc1ccc(NC(=O)c2cnc(C)s2)cc1N. The van der Waals surface area contributed by atoms with Gasteiger partial charge in [0.25, 0.3) is 5.91 Å². The number of thiazole rings is 1. The number of anilines is 2. The molecule has 0 radical (unpaired) electrons. The first-order chi connectivity index (χ1) is 8.60. The Kier molecular flexibility index (Phi) is 3.62. The van der Waals surface area contributed by atoms with E-state index in [1.165, 1.54) is 11.3 Å². The fraction of sp³-hybridized carbons (Fsp3) is 0.231. The number of amides is 1. The molecule has 0 aliphatic heterocycles. The van der Waals surface area contributed by atoms with Crippen LogP contribution in [-0.2, 0) is 6.42 Å². The Labute approximate surface area is 110 Å². The van der Waals surface area contributed by atoms with Gasteiger partial charge in [0.05, 0.1) is 11.2 Å². The monoisotopic (exact) mass is 261 g/mol. The third kappa shape index (κ3) is 2.68. The van der Waals surface area contributed by atoms with Crippen LogP contribution >= 0.6 is 11.3 Å². The highest BCUT2D eigenvalue weighted by Gasteiger charge is 2.09. The molecule has 5 heteroatoms. The number of benzene rings is 1. The molecule has 0 saturated carbocycles. The van der Waals surface area contributed by atoms with Crippen molar-refractivity contribution in [1.82, 2.24) is 4.98 Å². The Morgan fingerprint density at radius 3 is 2.83 bits per heavy atom. The Bertz CT molecular complexity index is 577. The van der Waals surface area contributed by atoms with Gasteiger partial charge in [-0.3, -0.25) is 4.79 Å². The van der Waals surface area contributed by atoms with E-state index in [0.29, 0.717) is 16.3 Å². The van der Waals surface area contributed by atoms with Crippen LogP contribution in [0.25, 0.3) is 0 Å². The van der Waals surface area contributed by atoms with Crippen molar-refractivity contribution >= 4 is 28.6 Å². The first kappa shape index (κ1) is 12.6. The number of nitrogens with two attached hydrogens (primary N) is 1. The van der Waals surface area contributed by atoms with Crippen LogP contribution in [0.2, 0.25) is 0 Å². The van der Waals surface area contributed by atoms with Crippen molar-refractivity contribution in [1.29, 1.82) is 0 Å². The molecule has 0 atom stereocenters. The minimum atomic E-state index is -0.149. The Hall–Kier alpha value is -1.88. The van der Waals surface area contributed by atoms with E-state index in [2.05, 4.69) is 10.3 Å². The summed E-state index contributed by atoms with van der Waals surface area (Å²) >= 11 is 1.37. The maximum absolute atomic E-state index is 11.9. The summed E-state index contributed by atoms with van der Waals surface area (Å²) in [5.41, 5.74) is 8.39. The smallest absolute Gasteiger partial charge is 0.267 e. The number of hydrogen-bond donors (Lipinski definition) is 2. The number of nitrogens with zero attached hydrogens (tertiary/aromatic N) is 1. The van der Waals surface area contributed by atoms with E-state index in [9.17, 15) is 4.79 Å². The van der Waals surface area contributed by atoms with E-state index >= 15 is 0 Å². The average Bonchev–Trinajstić information content (AvgIpc) is 2.76. The van der Waals surface area contributed by atoms with E-state index in [1.54, 1.807) is 12.3 Å². The van der Waals surface area contributed by atoms with E-state index in [1.807, 2.05) is 26.0 Å². The zero-order valence-corrected chi connectivity index (χ0v) is 11.2. The first-order valence-corrected chi connectivity index (χ1v) is 6.54. The fourth-order valence-electron chi connectivity index (χ4n) is 1.65. The summed E-state index contributed by atoms with van der Waals surface area (Å²) in [5.74, 6) is -0.149. The molecule has 0 bridgehead atoms. The van der Waals surface area contributed by atoms with Crippen LogP contribution in [0.4, 0.5) is 11.4 Å². The molecule has 1 aromatic carbocycles. The number of aryl methyl sites for hydroxylation is 2. The Morgan fingerprint density at radius 1 is 1.50 bits per heavy atom. The van der Waals surface area contributed by atoms with Crippen molar-refractivity contribution in [2.24, 2.45) is 0 Å². The van der Waals surface area contributed by atoms with Gasteiger partial charge in [0.1, 0.15) is 4.88 Å². The fourth-order valence-corrected chi connectivity index (χ4v) is 2.33. The summed E-state index contributed by atoms with van der Waals surface area (Å²) < 4.78 is 0. The number of hydrogen-bond acceptors (Lipinski definition) is 4. The van der Waals surface area contributed by atoms with Gasteiger partial charge in [0.15, 0.2) is 0 Å². The van der Waals surface area contributed by atoms with Gasteiger partial charge in [-0.05, 0) is 31.0 Å². The summed E-state index contributed by atoms with van der Waals surface area (Å²) in [6, 6.07) is 5.58. The van der Waals surface area contributed by atoms with Gasteiger partial charge in [-0.15, -0.1) is 11.3 Å². The molecule has 0 aliphatic carbocycles. The van der Waals surface area contributed by atoms with E-state index in [4.69, 9.17) is 5.73 Å². The molecule has 0 aliphatic rings. The molecule has 0 spiro atoms. The van der Waals surface area contributed by atoms with Gasteiger partial charge >= 0.3 is 0 Å². The van der Waals surface area contributed by atoms with Crippen molar-refractivity contribution in [2.45, 2.75) is 20.3 Å². The second kappa shape index (κ2) is 5.18. The van der Waals surface area contributed by atoms with Gasteiger partial charge in [-0.25, -0.2) is 4.98 Å². The van der Waals surface area contributed by atoms with Crippen molar-refractivity contribution in [3.8, 4) is 0 Å². The van der Waals surface area contributed by atoms with E-state index < -0.39 is 0 Å². The number of nitrogen functional groups attached to an aromatic ring is 1. The lowest BCUT2D eigenvalue weighted by Gasteiger charge is -2.07. The van der Waals surface area contributed by atoms with Gasteiger partial charge in [-0.2, -0.15) is 0 Å². The summed E-state index contributed by atoms with van der Waals surface area (Å²) in [4.78, 5) is 16.6. The highest BCUT2D eigenvalue weighted by Crippen LogP contribution is 2.20. The molecule has 94 valence electrons. The Morgan fingerprint density at radius 2 is 2.28 bits per heavy atom. The highest BCUT2D eigenvalue weighted by atomic mass is 32.1. The molecule has 1 aromatic heterocycles. The Balaban J connectivity index is 2.14. The zero-order valence-electron chi connectivity index (χ0n) is 10.4. The molecular formula is C13H15N3OS. The molecule has 3 N–H and O–H groups in total. The standard InChI is InChI=1S/C13H15N3OS/c1-3-9-4-5-10(6-11(9)14)16-13(17)12-7-15-8(2)18-12/h4-7H,3,14H2,1-2H3,(H,16,17). The van der Waals surface area contributed by atoms with Crippen LogP contribution in [-0.4, -0.2) is 10.9 Å². The molecule has 18 heavy (non-hydrogen) atoms. The summed E-state index contributed by atoms with van der Waals surface area (Å²) in [5, 5.41) is 3.69. The molecular weight excluding hydrogens is 246 g/mol. The minimum absolute atomic E-state index is 0.149. The van der Waals surface area contributed by atoms with Crippen molar-refractivity contribution in [3.05, 3.63) is 39.8 Å². The first-order valence-electron chi connectivity index (χ1n) is 5.72. The predicted octanol–water partition coefficient (Wildman–Crippen LogP) is 2.85. The van der Waals surface area contributed by atoms with Gasteiger partial charge < -0.3 is 11.1 Å². The van der Waals surface area contributed by atoms with Crippen molar-refractivity contribution in [3.63, 3.8) is 0 Å². The third-order valence-electron chi connectivity index (χ3n) is 2.63. The summed E-state index contributed by atoms with van der Waals surface area (Å²) in [7, 11) is 0. The van der Waals surface area contributed by atoms with Crippen LogP contribution in [0, 0.1) is 6.92 Å². The molecule has 0 fully saturated rings. The number of rotatable bonds is 3. The molecule has 1 amide bonds. The van der Waals surface area contributed by atoms with Crippen molar-refractivity contribution in [2.75, 3.05) is 11.1 Å². The summed E-state index contributed by atoms with van der Waals surface area (Å²) in [6.07, 6.45) is 2.47. The maximum Gasteiger partial charge on any atom is 0.267 e. The van der Waals surface area contributed by atoms with Gasteiger partial charge in [0.2, 0.25) is 0 Å². The third-order valence-corrected chi connectivity index (χ3v) is 3.54. The quantitative estimate of drug-likeness (QED) is 0.835. The molecule has 2 rings (SSSR count). The van der Waals surface area contributed by atoms with Crippen LogP contribution in [0.1, 0.15) is 27.2 Å². The second-order valence-electron chi connectivity index (χ2n) is 3.96. The number of carbonyl (C=O) groups excluding carboxylic acids is 1. The van der Waals surface area contributed by atoms with Gasteiger partial charge in [0, 0.05) is 11.4 Å². The normalized spacial score (nSPS) is 10.3. The molecule has 0 unspecified atom stereocenters. The topological polar surface area (TPSA) is 68.0 Å². The number of aromatic nitrogens is 1. The minimum Gasteiger partial charge on any atom is -0.398 e. The highest BCUT2D eigenvalue weighted by molar-refractivity contribution is 7.13. The van der Waals surface area contributed by atoms with E-state index in [-0.39, 0.29) is 5.91 Å². The summed E-state index contributed by atoms with van der Waals surface area (Å²) in [6.45, 7) is 3.92. The lowest BCUT2D eigenvalue weighted by atomic mass is 10.1. The van der Waals surface area contributed by atoms with E-state index in [0.717, 1.165) is 17.0 Å². The van der Waals surface area contributed by atoms with Gasteiger partial charge in [-0.1, -0.05) is 13.0 Å². The number of carbonyl (C=O) groups is 1. The largest absolute Gasteiger partial charge is 0.398 e. The molecule has 1 heterocycles. The molecule has 0 saturated heterocycles. The average molecular weight is 261 g/mol. The zero-order chi connectivity index (χ0) is 13.1. The maximum atomic E-state index is 11.9. The lowest BCUT2D eigenvalue weighted by Crippen LogP contribution is -2.10. The van der Waals surface area contributed by atoms with Crippen LogP contribution in [0.5, 0.6) is 0 Å².